The molecule has 0 bridgehead atoms. The van der Waals surface area contributed by atoms with Gasteiger partial charge in [0.1, 0.15) is 0 Å². The summed E-state index contributed by atoms with van der Waals surface area (Å²) in [5, 5.41) is 38.4. The minimum atomic E-state index is -1.00. The zero-order valence-electron chi connectivity index (χ0n) is 12.1. The van der Waals surface area contributed by atoms with Gasteiger partial charge in [-0.1, -0.05) is 40.5 Å². The van der Waals surface area contributed by atoms with Crippen molar-refractivity contribution in [1.82, 2.24) is 0 Å². The summed E-state index contributed by atoms with van der Waals surface area (Å²) in [6, 6.07) is 0. The molecule has 5 atom stereocenters. The van der Waals surface area contributed by atoms with Gasteiger partial charge in [0.2, 0.25) is 0 Å². The normalized spacial score (nSPS) is 22.0. The molecular weight excluding hydrogens is 232 g/mol. The largest absolute Gasteiger partial charge is 0.394 e. The number of hydrogen-bond donors (Lipinski definition) is 4. The monoisotopic (exact) mass is 262 g/mol. The van der Waals surface area contributed by atoms with Crippen LogP contribution in [-0.2, 0) is 0 Å². The van der Waals surface area contributed by atoms with Gasteiger partial charge in [0.25, 0.3) is 0 Å². The quantitative estimate of drug-likeness (QED) is 0.505. The Morgan fingerprint density at radius 1 is 1.06 bits per heavy atom. The van der Waals surface area contributed by atoms with Crippen molar-refractivity contribution in [3.05, 3.63) is 0 Å². The molecule has 0 aliphatic heterocycles. The minimum absolute atomic E-state index is 0.0129. The molecule has 0 amide bonds. The van der Waals surface area contributed by atoms with Gasteiger partial charge >= 0.3 is 0 Å². The van der Waals surface area contributed by atoms with E-state index in [1.807, 2.05) is 0 Å². The second-order valence-electron chi connectivity index (χ2n) is 5.79. The van der Waals surface area contributed by atoms with E-state index in [4.69, 9.17) is 5.11 Å². The molecule has 0 spiro atoms. The third-order valence-electron chi connectivity index (χ3n) is 4.14. The average molecular weight is 262 g/mol. The first-order valence-corrected chi connectivity index (χ1v) is 6.96. The molecule has 0 aliphatic rings. The van der Waals surface area contributed by atoms with Gasteiger partial charge in [0, 0.05) is 5.92 Å². The maximum Gasteiger partial charge on any atom is 0.0850 e. The van der Waals surface area contributed by atoms with Crippen LogP contribution in [0.3, 0.4) is 0 Å². The van der Waals surface area contributed by atoms with Gasteiger partial charge in [-0.3, -0.25) is 0 Å². The van der Waals surface area contributed by atoms with E-state index in [2.05, 4.69) is 20.8 Å². The lowest BCUT2D eigenvalue weighted by Gasteiger charge is -2.34. The summed E-state index contributed by atoms with van der Waals surface area (Å²) < 4.78 is 0. The van der Waals surface area contributed by atoms with Gasteiger partial charge < -0.3 is 20.4 Å². The van der Waals surface area contributed by atoms with E-state index < -0.39 is 30.8 Å². The Kier molecular flexibility index (Phi) is 8.03. The number of aliphatic hydroxyl groups is 4. The molecular formula is C14H30O4. The number of hydrogen-bond acceptors (Lipinski definition) is 4. The second kappa shape index (κ2) is 8.10. The molecule has 0 aromatic rings. The maximum atomic E-state index is 10.1. The maximum absolute atomic E-state index is 10.1. The molecule has 0 rings (SSSR count). The lowest BCUT2D eigenvalue weighted by atomic mass is 9.76. The van der Waals surface area contributed by atoms with Crippen LogP contribution in [0.2, 0.25) is 0 Å². The smallest absolute Gasteiger partial charge is 0.0850 e. The van der Waals surface area contributed by atoms with Crippen molar-refractivity contribution < 1.29 is 20.4 Å². The molecule has 0 aromatic heterocycles. The van der Waals surface area contributed by atoms with Crippen LogP contribution in [0.15, 0.2) is 0 Å². The van der Waals surface area contributed by atoms with E-state index >= 15 is 0 Å². The summed E-state index contributed by atoms with van der Waals surface area (Å²) in [4.78, 5) is 0. The molecule has 4 nitrogen and oxygen atoms in total. The Morgan fingerprint density at radius 3 is 2.00 bits per heavy atom. The SMILES string of the molecule is CCCC(C)(CC)C[C@H](O)[C@@H](O)[C@H](C)[C@H](O)CO. The predicted octanol–water partition coefficient (Wildman–Crippen LogP) is 1.30. The van der Waals surface area contributed by atoms with Crippen LogP contribution >= 0.6 is 0 Å². The molecule has 4 N–H and O–H groups in total. The van der Waals surface area contributed by atoms with Crippen LogP contribution in [0.1, 0.15) is 53.4 Å². The Labute approximate surface area is 111 Å². The first-order valence-electron chi connectivity index (χ1n) is 6.96. The van der Waals surface area contributed by atoms with Gasteiger partial charge in [-0.15, -0.1) is 0 Å². The van der Waals surface area contributed by atoms with E-state index in [0.29, 0.717) is 6.42 Å². The molecule has 0 heterocycles. The zero-order chi connectivity index (χ0) is 14.3. The van der Waals surface area contributed by atoms with Crippen LogP contribution in [0.25, 0.3) is 0 Å². The van der Waals surface area contributed by atoms with Crippen molar-refractivity contribution in [2.75, 3.05) is 6.61 Å². The van der Waals surface area contributed by atoms with Gasteiger partial charge in [0.15, 0.2) is 0 Å². The summed E-state index contributed by atoms with van der Waals surface area (Å²) in [6.07, 6.45) is 0.649. The molecule has 0 aromatic carbocycles. The number of aliphatic hydroxyl groups excluding tert-OH is 4. The third kappa shape index (κ3) is 5.22. The van der Waals surface area contributed by atoms with Crippen LogP contribution in [0, 0.1) is 11.3 Å². The van der Waals surface area contributed by atoms with E-state index in [1.54, 1.807) is 6.92 Å². The Bertz CT molecular complexity index is 222. The molecule has 0 radical (unpaired) electrons. The van der Waals surface area contributed by atoms with Crippen molar-refractivity contribution in [3.8, 4) is 0 Å². The average Bonchev–Trinajstić information content (AvgIpc) is 2.36. The highest BCUT2D eigenvalue weighted by molar-refractivity contribution is 4.83. The van der Waals surface area contributed by atoms with Gasteiger partial charge in [-0.2, -0.15) is 0 Å². The van der Waals surface area contributed by atoms with Crippen molar-refractivity contribution in [2.45, 2.75) is 71.7 Å². The molecule has 1 unspecified atom stereocenters. The van der Waals surface area contributed by atoms with Gasteiger partial charge in [0.05, 0.1) is 24.9 Å². The van der Waals surface area contributed by atoms with Crippen LogP contribution in [0.4, 0.5) is 0 Å². The fourth-order valence-electron chi connectivity index (χ4n) is 2.40. The highest BCUT2D eigenvalue weighted by atomic mass is 16.3. The van der Waals surface area contributed by atoms with Crippen molar-refractivity contribution in [3.63, 3.8) is 0 Å². The van der Waals surface area contributed by atoms with Crippen LogP contribution < -0.4 is 0 Å². The molecule has 0 aliphatic carbocycles. The molecule has 18 heavy (non-hydrogen) atoms. The topological polar surface area (TPSA) is 80.9 Å². The minimum Gasteiger partial charge on any atom is -0.394 e. The van der Waals surface area contributed by atoms with Crippen LogP contribution in [-0.4, -0.2) is 45.3 Å². The summed E-state index contributed by atoms with van der Waals surface area (Å²) in [7, 11) is 0. The molecule has 0 fully saturated rings. The predicted molar refractivity (Wildman–Crippen MR) is 72.2 cm³/mol. The number of rotatable bonds is 9. The fourth-order valence-corrected chi connectivity index (χ4v) is 2.40. The Morgan fingerprint density at radius 2 is 1.61 bits per heavy atom. The first-order chi connectivity index (χ1) is 8.31. The Hall–Kier alpha value is -0.160. The van der Waals surface area contributed by atoms with E-state index in [9.17, 15) is 15.3 Å². The highest BCUT2D eigenvalue weighted by Gasteiger charge is 2.33. The zero-order valence-corrected chi connectivity index (χ0v) is 12.1. The molecule has 0 saturated carbocycles. The van der Waals surface area contributed by atoms with Crippen molar-refractivity contribution >= 4 is 0 Å². The fraction of sp³-hybridized carbons (Fsp3) is 1.00. The van der Waals surface area contributed by atoms with Gasteiger partial charge in [-0.25, -0.2) is 0 Å². The van der Waals surface area contributed by atoms with E-state index in [1.165, 1.54) is 0 Å². The summed E-state index contributed by atoms with van der Waals surface area (Å²) in [6.45, 7) is 7.54. The summed E-state index contributed by atoms with van der Waals surface area (Å²) in [5.74, 6) is -0.535. The van der Waals surface area contributed by atoms with Crippen molar-refractivity contribution in [2.24, 2.45) is 11.3 Å². The lowest BCUT2D eigenvalue weighted by molar-refractivity contribution is -0.0771. The third-order valence-corrected chi connectivity index (χ3v) is 4.14. The standard InChI is InChI=1S/C14H30O4/c1-5-7-14(4,6-2)8-11(16)13(18)10(3)12(17)9-15/h10-13,15-18H,5-9H2,1-4H3/t10-,11+,12-,13+,14?/m1/s1. The molecule has 110 valence electrons. The summed E-state index contributed by atoms with van der Waals surface area (Å²) in [5.41, 5.74) is 0.0129. The van der Waals surface area contributed by atoms with Crippen molar-refractivity contribution in [1.29, 1.82) is 0 Å². The molecule has 4 heteroatoms. The lowest BCUT2D eigenvalue weighted by Crippen LogP contribution is -2.41. The highest BCUT2D eigenvalue weighted by Crippen LogP contribution is 2.34. The summed E-state index contributed by atoms with van der Waals surface area (Å²) >= 11 is 0. The molecule has 0 saturated heterocycles. The second-order valence-corrected chi connectivity index (χ2v) is 5.79. The van der Waals surface area contributed by atoms with Crippen LogP contribution in [0.5, 0.6) is 0 Å². The van der Waals surface area contributed by atoms with E-state index in [0.717, 1.165) is 19.3 Å². The van der Waals surface area contributed by atoms with Gasteiger partial charge in [-0.05, 0) is 18.3 Å². The van der Waals surface area contributed by atoms with E-state index in [-0.39, 0.29) is 5.41 Å². The Balaban J connectivity index is 4.50. The first kappa shape index (κ1) is 17.8.